The van der Waals surface area contributed by atoms with Gasteiger partial charge in [0.1, 0.15) is 19.0 Å². The number of hydrogen-bond donors (Lipinski definition) is 1. The summed E-state index contributed by atoms with van der Waals surface area (Å²) in [6, 6.07) is 16.3. The van der Waals surface area contributed by atoms with Crippen LogP contribution in [-0.4, -0.2) is 37.5 Å². The molecule has 23 heavy (non-hydrogen) atoms. The van der Waals surface area contributed by atoms with Gasteiger partial charge < -0.3 is 19.3 Å². The van der Waals surface area contributed by atoms with Crippen LogP contribution in [0.2, 0.25) is 0 Å². The summed E-state index contributed by atoms with van der Waals surface area (Å²) in [5.74, 6) is 0.281. The average molecular weight is 316 g/mol. The quantitative estimate of drug-likeness (QED) is 0.568. The second kappa shape index (κ2) is 9.61. The molecule has 0 radical (unpaired) electrons. The van der Waals surface area contributed by atoms with Crippen LogP contribution in [0.15, 0.2) is 54.6 Å². The van der Waals surface area contributed by atoms with Gasteiger partial charge in [-0.1, -0.05) is 30.3 Å². The highest BCUT2D eigenvalue weighted by atomic mass is 16.5. The lowest BCUT2D eigenvalue weighted by molar-refractivity contribution is 0.0472. The van der Waals surface area contributed by atoms with Crippen LogP contribution in [0.1, 0.15) is 15.9 Å². The van der Waals surface area contributed by atoms with E-state index in [1.54, 1.807) is 24.3 Å². The predicted molar refractivity (Wildman–Crippen MR) is 85.4 cm³/mol. The molecule has 0 heterocycles. The standard InChI is InChI=1S/C18H20O5/c19-10-11-21-12-13-22-17-8-6-16(7-9-17)18(20)23-14-15-4-2-1-3-5-15/h1-9,19H,10-14H2. The topological polar surface area (TPSA) is 65.0 Å². The van der Waals surface area contributed by atoms with Crippen molar-refractivity contribution >= 4 is 5.97 Å². The summed E-state index contributed by atoms with van der Waals surface area (Å²) < 4.78 is 15.8. The lowest BCUT2D eigenvalue weighted by Gasteiger charge is -2.08. The van der Waals surface area contributed by atoms with E-state index in [0.29, 0.717) is 31.1 Å². The summed E-state index contributed by atoms with van der Waals surface area (Å²) in [5.41, 5.74) is 1.42. The normalized spacial score (nSPS) is 10.3. The summed E-state index contributed by atoms with van der Waals surface area (Å²) in [5, 5.41) is 8.57. The van der Waals surface area contributed by atoms with E-state index in [2.05, 4.69) is 0 Å². The van der Waals surface area contributed by atoms with E-state index < -0.39 is 0 Å². The maximum Gasteiger partial charge on any atom is 0.338 e. The molecule has 5 heteroatoms. The molecule has 1 N–H and O–H groups in total. The van der Waals surface area contributed by atoms with Crippen LogP contribution < -0.4 is 4.74 Å². The summed E-state index contributed by atoms with van der Waals surface area (Å²) >= 11 is 0. The van der Waals surface area contributed by atoms with Gasteiger partial charge in [-0.15, -0.1) is 0 Å². The van der Waals surface area contributed by atoms with E-state index in [0.717, 1.165) is 5.56 Å². The third-order valence-corrected chi connectivity index (χ3v) is 3.03. The average Bonchev–Trinajstić information content (AvgIpc) is 2.61. The number of esters is 1. The predicted octanol–water partition coefficient (Wildman–Crippen LogP) is 2.43. The Hall–Kier alpha value is -2.37. The molecule has 0 bridgehead atoms. The van der Waals surface area contributed by atoms with Crippen molar-refractivity contribution in [2.45, 2.75) is 6.61 Å². The van der Waals surface area contributed by atoms with Crippen molar-refractivity contribution in [3.05, 3.63) is 65.7 Å². The maximum absolute atomic E-state index is 12.0. The fourth-order valence-electron chi connectivity index (χ4n) is 1.88. The van der Waals surface area contributed by atoms with Gasteiger partial charge in [-0.25, -0.2) is 4.79 Å². The van der Waals surface area contributed by atoms with Crippen molar-refractivity contribution in [3.8, 4) is 5.75 Å². The third kappa shape index (κ3) is 6.10. The van der Waals surface area contributed by atoms with E-state index in [-0.39, 0.29) is 19.2 Å². The Morgan fingerprint density at radius 1 is 0.913 bits per heavy atom. The van der Waals surface area contributed by atoms with Crippen molar-refractivity contribution < 1.29 is 24.1 Å². The molecule has 2 aromatic rings. The first-order chi connectivity index (χ1) is 11.3. The lowest BCUT2D eigenvalue weighted by atomic mass is 10.2. The van der Waals surface area contributed by atoms with Crippen LogP contribution in [0.3, 0.4) is 0 Å². The molecular weight excluding hydrogens is 296 g/mol. The second-order valence-electron chi connectivity index (χ2n) is 4.77. The molecule has 0 unspecified atom stereocenters. The fourth-order valence-corrected chi connectivity index (χ4v) is 1.88. The Morgan fingerprint density at radius 3 is 2.35 bits per heavy atom. The Morgan fingerprint density at radius 2 is 1.65 bits per heavy atom. The highest BCUT2D eigenvalue weighted by Crippen LogP contribution is 2.13. The van der Waals surface area contributed by atoms with Gasteiger partial charge in [0.2, 0.25) is 0 Å². The number of aliphatic hydroxyl groups excluding tert-OH is 1. The van der Waals surface area contributed by atoms with Gasteiger partial charge in [0.15, 0.2) is 0 Å². The van der Waals surface area contributed by atoms with Crippen molar-refractivity contribution in [1.82, 2.24) is 0 Å². The summed E-state index contributed by atoms with van der Waals surface area (Å²) in [6.07, 6.45) is 0. The van der Waals surface area contributed by atoms with Gasteiger partial charge in [0.25, 0.3) is 0 Å². The van der Waals surface area contributed by atoms with Gasteiger partial charge in [-0.3, -0.25) is 0 Å². The largest absolute Gasteiger partial charge is 0.491 e. The van der Waals surface area contributed by atoms with Crippen LogP contribution in [0.5, 0.6) is 5.75 Å². The van der Waals surface area contributed by atoms with Crippen LogP contribution in [-0.2, 0) is 16.1 Å². The zero-order valence-corrected chi connectivity index (χ0v) is 12.8. The molecule has 2 aromatic carbocycles. The smallest absolute Gasteiger partial charge is 0.338 e. The Balaban J connectivity index is 1.76. The van der Waals surface area contributed by atoms with Crippen molar-refractivity contribution in [2.24, 2.45) is 0 Å². The van der Waals surface area contributed by atoms with Gasteiger partial charge >= 0.3 is 5.97 Å². The van der Waals surface area contributed by atoms with Crippen molar-refractivity contribution in [3.63, 3.8) is 0 Å². The molecule has 5 nitrogen and oxygen atoms in total. The van der Waals surface area contributed by atoms with Gasteiger partial charge in [-0.2, -0.15) is 0 Å². The SMILES string of the molecule is O=C(OCc1ccccc1)c1ccc(OCCOCCO)cc1. The maximum atomic E-state index is 12.0. The van der Waals surface area contributed by atoms with E-state index in [4.69, 9.17) is 19.3 Å². The molecule has 0 fully saturated rings. The molecule has 0 aliphatic rings. The number of aliphatic hydroxyl groups is 1. The molecule has 0 saturated heterocycles. The second-order valence-corrected chi connectivity index (χ2v) is 4.77. The molecule has 0 saturated carbocycles. The number of ether oxygens (including phenoxy) is 3. The first-order valence-electron chi connectivity index (χ1n) is 7.42. The zero-order chi connectivity index (χ0) is 16.3. The van der Waals surface area contributed by atoms with Gasteiger partial charge in [0.05, 0.1) is 25.4 Å². The van der Waals surface area contributed by atoms with E-state index in [1.165, 1.54) is 0 Å². The highest BCUT2D eigenvalue weighted by molar-refractivity contribution is 5.89. The van der Waals surface area contributed by atoms with Crippen LogP contribution in [0.25, 0.3) is 0 Å². The van der Waals surface area contributed by atoms with Crippen molar-refractivity contribution in [2.75, 3.05) is 26.4 Å². The monoisotopic (exact) mass is 316 g/mol. The molecule has 0 atom stereocenters. The Bertz CT molecular complexity index is 580. The van der Waals surface area contributed by atoms with Gasteiger partial charge in [0, 0.05) is 0 Å². The molecule has 122 valence electrons. The molecule has 0 aromatic heterocycles. The molecule has 0 amide bonds. The fraction of sp³-hybridized carbons (Fsp3) is 0.278. The molecule has 0 aliphatic carbocycles. The van der Waals surface area contributed by atoms with Crippen LogP contribution in [0, 0.1) is 0 Å². The summed E-state index contributed by atoms with van der Waals surface area (Å²) in [4.78, 5) is 12.0. The van der Waals surface area contributed by atoms with E-state index >= 15 is 0 Å². The van der Waals surface area contributed by atoms with Gasteiger partial charge in [-0.05, 0) is 29.8 Å². The summed E-state index contributed by atoms with van der Waals surface area (Å²) in [6.45, 7) is 1.34. The highest BCUT2D eigenvalue weighted by Gasteiger charge is 2.07. The third-order valence-electron chi connectivity index (χ3n) is 3.03. The van der Waals surface area contributed by atoms with Crippen LogP contribution >= 0.6 is 0 Å². The number of carbonyl (C=O) groups is 1. The number of rotatable bonds is 9. The minimum absolute atomic E-state index is 0.000208. The number of hydrogen-bond acceptors (Lipinski definition) is 5. The zero-order valence-electron chi connectivity index (χ0n) is 12.8. The first-order valence-corrected chi connectivity index (χ1v) is 7.42. The minimum atomic E-state index is -0.369. The minimum Gasteiger partial charge on any atom is -0.491 e. The van der Waals surface area contributed by atoms with E-state index in [9.17, 15) is 4.79 Å². The van der Waals surface area contributed by atoms with Crippen molar-refractivity contribution in [1.29, 1.82) is 0 Å². The Labute approximate surface area is 135 Å². The van der Waals surface area contributed by atoms with Crippen LogP contribution in [0.4, 0.5) is 0 Å². The lowest BCUT2D eigenvalue weighted by Crippen LogP contribution is -2.09. The Kier molecular flexibility index (Phi) is 7.10. The number of benzene rings is 2. The number of carbonyl (C=O) groups excluding carboxylic acids is 1. The molecule has 0 aliphatic heterocycles. The summed E-state index contributed by atoms with van der Waals surface area (Å²) in [7, 11) is 0. The molecule has 0 spiro atoms. The first kappa shape index (κ1) is 17.0. The molecule has 2 rings (SSSR count). The van der Waals surface area contributed by atoms with E-state index in [1.807, 2.05) is 30.3 Å². The molecular formula is C18H20O5.